The van der Waals surface area contributed by atoms with E-state index in [0.717, 1.165) is 28.0 Å². The Kier molecular flexibility index (Phi) is 5.30. The van der Waals surface area contributed by atoms with Crippen molar-refractivity contribution in [2.75, 3.05) is 13.6 Å². The molecule has 18 heavy (non-hydrogen) atoms. The summed E-state index contributed by atoms with van der Waals surface area (Å²) in [5.74, 6) is 1.61. The maximum absolute atomic E-state index is 5.89. The molecule has 1 heterocycles. The van der Waals surface area contributed by atoms with Crippen LogP contribution in [0.1, 0.15) is 31.4 Å². The lowest BCUT2D eigenvalue weighted by atomic mass is 9.83. The van der Waals surface area contributed by atoms with E-state index in [9.17, 15) is 0 Å². The fourth-order valence-electron chi connectivity index (χ4n) is 2.88. The van der Waals surface area contributed by atoms with Gasteiger partial charge in [0.2, 0.25) is 0 Å². The van der Waals surface area contributed by atoms with Crippen LogP contribution >= 0.6 is 31.9 Å². The highest BCUT2D eigenvalue weighted by atomic mass is 79.9. The van der Waals surface area contributed by atoms with Gasteiger partial charge in [-0.2, -0.15) is 0 Å². The standard InChI is InChI=1S/C13H20Br2N2O/c1-17(8-10-6-11(14)13(15)18-10)12-5-3-2-4-9(12)7-16/h6,9,12H,2-5,7-8,16H2,1H3. The lowest BCUT2D eigenvalue weighted by Gasteiger charge is -2.37. The second-order valence-corrected chi connectivity index (χ2v) is 6.67. The van der Waals surface area contributed by atoms with E-state index in [0.29, 0.717) is 12.0 Å². The fourth-order valence-corrected chi connectivity index (χ4v) is 3.53. The van der Waals surface area contributed by atoms with Crippen LogP contribution in [0.15, 0.2) is 19.6 Å². The van der Waals surface area contributed by atoms with Crippen molar-refractivity contribution in [3.63, 3.8) is 0 Å². The van der Waals surface area contributed by atoms with Gasteiger partial charge in [-0.3, -0.25) is 4.90 Å². The van der Waals surface area contributed by atoms with Gasteiger partial charge in [-0.1, -0.05) is 12.8 Å². The molecule has 102 valence electrons. The number of hydrogen-bond donors (Lipinski definition) is 1. The molecule has 0 radical (unpaired) electrons. The Labute approximate surface area is 125 Å². The summed E-state index contributed by atoms with van der Waals surface area (Å²) in [6.45, 7) is 1.63. The minimum absolute atomic E-state index is 0.589. The van der Waals surface area contributed by atoms with Crippen LogP contribution < -0.4 is 5.73 Å². The van der Waals surface area contributed by atoms with Gasteiger partial charge in [-0.15, -0.1) is 0 Å². The molecule has 0 bridgehead atoms. The highest BCUT2D eigenvalue weighted by Crippen LogP contribution is 2.30. The van der Waals surface area contributed by atoms with Crippen LogP contribution in [0.25, 0.3) is 0 Å². The van der Waals surface area contributed by atoms with E-state index in [-0.39, 0.29) is 0 Å². The van der Waals surface area contributed by atoms with Crippen molar-refractivity contribution in [3.8, 4) is 0 Å². The summed E-state index contributed by atoms with van der Waals surface area (Å²) < 4.78 is 7.39. The number of furan rings is 1. The third-order valence-electron chi connectivity index (χ3n) is 3.84. The van der Waals surface area contributed by atoms with Crippen LogP contribution in [0.3, 0.4) is 0 Å². The number of rotatable bonds is 4. The Morgan fingerprint density at radius 3 is 2.72 bits per heavy atom. The first-order valence-corrected chi connectivity index (χ1v) is 8.04. The van der Waals surface area contributed by atoms with Crippen molar-refractivity contribution in [2.24, 2.45) is 11.7 Å². The largest absolute Gasteiger partial charge is 0.452 e. The summed E-state index contributed by atoms with van der Waals surface area (Å²) in [6, 6.07) is 2.62. The normalized spacial score (nSPS) is 24.7. The third kappa shape index (κ3) is 3.38. The van der Waals surface area contributed by atoms with Crippen molar-refractivity contribution in [2.45, 2.75) is 38.3 Å². The van der Waals surface area contributed by atoms with E-state index in [1.807, 2.05) is 6.07 Å². The lowest BCUT2D eigenvalue weighted by molar-refractivity contribution is 0.120. The number of hydrogen-bond acceptors (Lipinski definition) is 3. The van der Waals surface area contributed by atoms with Crippen LogP contribution in [0.4, 0.5) is 0 Å². The molecule has 1 fully saturated rings. The number of halogens is 2. The van der Waals surface area contributed by atoms with E-state index in [1.54, 1.807) is 0 Å². The molecule has 2 unspecified atom stereocenters. The maximum Gasteiger partial charge on any atom is 0.183 e. The molecule has 5 heteroatoms. The molecule has 0 aliphatic heterocycles. The number of nitrogens with two attached hydrogens (primary N) is 1. The molecule has 1 saturated carbocycles. The summed E-state index contributed by atoms with van der Waals surface area (Å²) in [4.78, 5) is 2.38. The first-order valence-electron chi connectivity index (χ1n) is 6.46. The van der Waals surface area contributed by atoms with E-state index >= 15 is 0 Å². The molecule has 0 saturated heterocycles. The minimum atomic E-state index is 0.589. The Balaban J connectivity index is 1.99. The second-order valence-electron chi connectivity index (χ2n) is 5.10. The van der Waals surface area contributed by atoms with E-state index in [4.69, 9.17) is 10.2 Å². The van der Waals surface area contributed by atoms with Gasteiger partial charge >= 0.3 is 0 Å². The zero-order valence-electron chi connectivity index (χ0n) is 10.7. The maximum atomic E-state index is 5.89. The summed E-state index contributed by atoms with van der Waals surface area (Å²) in [6.07, 6.45) is 5.15. The van der Waals surface area contributed by atoms with E-state index in [1.165, 1.54) is 25.7 Å². The molecule has 1 aliphatic carbocycles. The molecule has 3 nitrogen and oxygen atoms in total. The van der Waals surface area contributed by atoms with Crippen LogP contribution in [-0.2, 0) is 6.54 Å². The van der Waals surface area contributed by atoms with Gasteiger partial charge in [0, 0.05) is 6.04 Å². The summed E-state index contributed by atoms with van der Waals surface area (Å²) >= 11 is 6.82. The fraction of sp³-hybridized carbons (Fsp3) is 0.692. The molecule has 2 atom stereocenters. The van der Waals surface area contributed by atoms with Crippen LogP contribution in [0.2, 0.25) is 0 Å². The van der Waals surface area contributed by atoms with Gasteiger partial charge < -0.3 is 10.2 Å². The molecule has 2 rings (SSSR count). The average molecular weight is 380 g/mol. The molecule has 0 aromatic carbocycles. The molecule has 1 aromatic heterocycles. The average Bonchev–Trinajstić information content (AvgIpc) is 2.68. The number of nitrogens with zero attached hydrogens (tertiary/aromatic N) is 1. The van der Waals surface area contributed by atoms with Crippen molar-refractivity contribution in [1.29, 1.82) is 0 Å². The zero-order chi connectivity index (χ0) is 13.1. The molecule has 0 spiro atoms. The van der Waals surface area contributed by atoms with Gasteiger partial charge in [-0.05, 0) is 70.3 Å². The van der Waals surface area contributed by atoms with Crippen molar-refractivity contribution < 1.29 is 4.42 Å². The first kappa shape index (κ1) is 14.6. The van der Waals surface area contributed by atoms with Crippen molar-refractivity contribution in [1.82, 2.24) is 4.90 Å². The third-order valence-corrected chi connectivity index (χ3v) is 5.55. The SMILES string of the molecule is CN(Cc1cc(Br)c(Br)o1)C1CCCCC1CN. The molecular weight excluding hydrogens is 360 g/mol. The molecular formula is C13H20Br2N2O. The first-order chi connectivity index (χ1) is 8.61. The minimum Gasteiger partial charge on any atom is -0.452 e. The van der Waals surface area contributed by atoms with Gasteiger partial charge in [-0.25, -0.2) is 0 Å². The van der Waals surface area contributed by atoms with E-state index in [2.05, 4.69) is 43.8 Å². The Morgan fingerprint density at radius 2 is 2.11 bits per heavy atom. The Morgan fingerprint density at radius 1 is 1.39 bits per heavy atom. The van der Waals surface area contributed by atoms with E-state index < -0.39 is 0 Å². The summed E-state index contributed by atoms with van der Waals surface area (Å²) in [5, 5.41) is 0. The Hall–Kier alpha value is 0.160. The van der Waals surface area contributed by atoms with Crippen LogP contribution in [0, 0.1) is 5.92 Å². The highest BCUT2D eigenvalue weighted by molar-refractivity contribution is 9.13. The predicted octanol–water partition coefficient (Wildman–Crippen LogP) is 3.75. The quantitative estimate of drug-likeness (QED) is 0.865. The zero-order valence-corrected chi connectivity index (χ0v) is 13.8. The second kappa shape index (κ2) is 6.55. The summed E-state index contributed by atoms with van der Waals surface area (Å²) in [7, 11) is 2.17. The molecule has 0 amide bonds. The van der Waals surface area contributed by atoms with Gasteiger partial charge in [0.05, 0.1) is 11.0 Å². The Bertz CT molecular complexity index is 375. The summed E-state index contributed by atoms with van der Waals surface area (Å²) in [5.41, 5.74) is 5.89. The van der Waals surface area contributed by atoms with Crippen LogP contribution in [-0.4, -0.2) is 24.5 Å². The van der Waals surface area contributed by atoms with Crippen LogP contribution in [0.5, 0.6) is 0 Å². The van der Waals surface area contributed by atoms with Crippen molar-refractivity contribution in [3.05, 3.63) is 21.0 Å². The molecule has 1 aliphatic rings. The molecule has 1 aromatic rings. The topological polar surface area (TPSA) is 42.4 Å². The van der Waals surface area contributed by atoms with Gasteiger partial charge in [0.25, 0.3) is 0 Å². The smallest absolute Gasteiger partial charge is 0.183 e. The predicted molar refractivity (Wildman–Crippen MR) is 80.4 cm³/mol. The highest BCUT2D eigenvalue weighted by Gasteiger charge is 2.27. The van der Waals surface area contributed by atoms with Crippen molar-refractivity contribution >= 4 is 31.9 Å². The molecule has 2 N–H and O–H groups in total. The van der Waals surface area contributed by atoms with Gasteiger partial charge in [0.1, 0.15) is 5.76 Å². The monoisotopic (exact) mass is 378 g/mol. The van der Waals surface area contributed by atoms with Gasteiger partial charge in [0.15, 0.2) is 4.67 Å². The lowest BCUT2D eigenvalue weighted by Crippen LogP contribution is -2.42.